The molecular formula is C17H23FN2O2. The van der Waals surface area contributed by atoms with Gasteiger partial charge in [0.05, 0.1) is 0 Å². The molecule has 1 aliphatic heterocycles. The van der Waals surface area contributed by atoms with Gasteiger partial charge in [-0.2, -0.15) is 0 Å². The fourth-order valence-electron chi connectivity index (χ4n) is 2.72. The zero-order chi connectivity index (χ0) is 16.1. The molecule has 120 valence electrons. The minimum absolute atomic E-state index is 0.0506. The number of aryl methyl sites for hydroxylation is 1. The van der Waals surface area contributed by atoms with E-state index in [4.69, 9.17) is 0 Å². The minimum atomic E-state index is -0.293. The van der Waals surface area contributed by atoms with Crippen molar-refractivity contribution in [3.63, 3.8) is 0 Å². The number of carbonyl (C=O) groups excluding carboxylic acids is 2. The first-order chi connectivity index (χ1) is 10.5. The van der Waals surface area contributed by atoms with Crippen molar-refractivity contribution >= 4 is 11.8 Å². The summed E-state index contributed by atoms with van der Waals surface area (Å²) in [6.07, 6.45) is 2.23. The number of rotatable bonds is 4. The van der Waals surface area contributed by atoms with Gasteiger partial charge in [-0.05, 0) is 49.9 Å². The minimum Gasteiger partial charge on any atom is -0.338 e. The number of benzene rings is 1. The van der Waals surface area contributed by atoms with Crippen LogP contribution in [0.25, 0.3) is 0 Å². The van der Waals surface area contributed by atoms with E-state index in [9.17, 15) is 14.0 Å². The lowest BCUT2D eigenvalue weighted by Crippen LogP contribution is -2.45. The summed E-state index contributed by atoms with van der Waals surface area (Å²) in [6, 6.07) is 4.45. The van der Waals surface area contributed by atoms with Crippen LogP contribution in [0.15, 0.2) is 18.2 Å². The van der Waals surface area contributed by atoms with Gasteiger partial charge in [-0.15, -0.1) is 0 Å². The van der Waals surface area contributed by atoms with Crippen LogP contribution < -0.4 is 5.32 Å². The maximum atomic E-state index is 13.3. The molecule has 0 radical (unpaired) electrons. The Morgan fingerprint density at radius 1 is 1.32 bits per heavy atom. The molecule has 1 N–H and O–H groups in total. The number of hydrogen-bond acceptors (Lipinski definition) is 2. The molecule has 5 heteroatoms. The SMILES string of the molecule is CCCNC(=O)N1CCC(C(=O)c2ccc(F)c(C)c2)CC1. The zero-order valence-corrected chi connectivity index (χ0v) is 13.2. The van der Waals surface area contributed by atoms with E-state index in [-0.39, 0.29) is 23.5 Å². The third kappa shape index (κ3) is 3.84. The van der Waals surface area contributed by atoms with Crippen LogP contribution in [0.3, 0.4) is 0 Å². The molecule has 1 aromatic rings. The lowest BCUT2D eigenvalue weighted by atomic mass is 9.88. The molecule has 1 aromatic carbocycles. The highest BCUT2D eigenvalue weighted by Gasteiger charge is 2.27. The Hall–Kier alpha value is -1.91. The summed E-state index contributed by atoms with van der Waals surface area (Å²) in [6.45, 7) is 5.52. The van der Waals surface area contributed by atoms with Crippen LogP contribution in [0.1, 0.15) is 42.1 Å². The third-order valence-corrected chi connectivity index (χ3v) is 4.12. The lowest BCUT2D eigenvalue weighted by molar-refractivity contribution is 0.0854. The van der Waals surface area contributed by atoms with Crippen LogP contribution in [0.4, 0.5) is 9.18 Å². The smallest absolute Gasteiger partial charge is 0.317 e. The van der Waals surface area contributed by atoms with Crippen LogP contribution in [0.2, 0.25) is 0 Å². The molecule has 1 fully saturated rings. The number of amides is 2. The number of Topliss-reactive ketones (excluding diaryl/α,β-unsaturated/α-hetero) is 1. The molecule has 0 unspecified atom stereocenters. The Labute approximate surface area is 130 Å². The van der Waals surface area contributed by atoms with Gasteiger partial charge < -0.3 is 10.2 Å². The van der Waals surface area contributed by atoms with E-state index < -0.39 is 0 Å². The van der Waals surface area contributed by atoms with Crippen LogP contribution in [0.5, 0.6) is 0 Å². The van der Waals surface area contributed by atoms with E-state index in [0.717, 1.165) is 6.42 Å². The van der Waals surface area contributed by atoms with Gasteiger partial charge >= 0.3 is 6.03 Å². The standard InChI is InChI=1S/C17H23FN2O2/c1-3-8-19-17(22)20-9-6-13(7-10-20)16(21)14-4-5-15(18)12(2)11-14/h4-5,11,13H,3,6-10H2,1-2H3,(H,19,22). The molecule has 0 aliphatic carbocycles. The second kappa shape index (κ2) is 7.38. The average molecular weight is 306 g/mol. The van der Waals surface area contributed by atoms with Crippen LogP contribution in [-0.2, 0) is 0 Å². The van der Waals surface area contributed by atoms with Crippen LogP contribution in [-0.4, -0.2) is 36.3 Å². The van der Waals surface area contributed by atoms with Crippen molar-refractivity contribution in [3.05, 3.63) is 35.1 Å². The van der Waals surface area contributed by atoms with E-state index in [1.54, 1.807) is 24.0 Å². The maximum Gasteiger partial charge on any atom is 0.317 e. The van der Waals surface area contributed by atoms with Gasteiger partial charge in [0.15, 0.2) is 5.78 Å². The monoisotopic (exact) mass is 306 g/mol. The average Bonchev–Trinajstić information content (AvgIpc) is 2.54. The van der Waals surface area contributed by atoms with E-state index in [2.05, 4.69) is 5.32 Å². The molecule has 0 atom stereocenters. The van der Waals surface area contributed by atoms with Crippen molar-refractivity contribution in [1.82, 2.24) is 10.2 Å². The molecule has 22 heavy (non-hydrogen) atoms. The fourth-order valence-corrected chi connectivity index (χ4v) is 2.72. The normalized spacial score (nSPS) is 15.7. The molecular weight excluding hydrogens is 283 g/mol. The Morgan fingerprint density at radius 3 is 2.59 bits per heavy atom. The number of carbonyl (C=O) groups is 2. The molecule has 0 saturated carbocycles. The van der Waals surface area contributed by atoms with E-state index in [1.807, 2.05) is 6.92 Å². The van der Waals surface area contributed by atoms with Crippen LogP contribution >= 0.6 is 0 Å². The zero-order valence-electron chi connectivity index (χ0n) is 13.2. The molecule has 1 heterocycles. The van der Waals surface area contributed by atoms with Crippen molar-refractivity contribution in [2.24, 2.45) is 5.92 Å². The summed E-state index contributed by atoms with van der Waals surface area (Å²) in [4.78, 5) is 26.1. The van der Waals surface area contributed by atoms with E-state index in [1.165, 1.54) is 6.07 Å². The fraction of sp³-hybridized carbons (Fsp3) is 0.529. The van der Waals surface area contributed by atoms with Crippen LogP contribution in [0, 0.1) is 18.7 Å². The van der Waals surface area contributed by atoms with Crippen molar-refractivity contribution in [1.29, 1.82) is 0 Å². The Morgan fingerprint density at radius 2 is 2.00 bits per heavy atom. The Balaban J connectivity index is 1.92. The molecule has 0 aromatic heterocycles. The summed E-state index contributed by atoms with van der Waals surface area (Å²) in [5, 5.41) is 2.85. The number of halogens is 1. The van der Waals surface area contributed by atoms with Crippen molar-refractivity contribution < 1.29 is 14.0 Å². The summed E-state index contributed by atoms with van der Waals surface area (Å²) >= 11 is 0. The molecule has 1 aliphatic rings. The van der Waals surface area contributed by atoms with Gasteiger partial charge in [0, 0.05) is 31.1 Å². The number of urea groups is 1. The number of hydrogen-bond donors (Lipinski definition) is 1. The van der Waals surface area contributed by atoms with Gasteiger partial charge in [-0.25, -0.2) is 9.18 Å². The molecule has 2 amide bonds. The first-order valence-corrected chi connectivity index (χ1v) is 7.86. The Bertz CT molecular complexity index is 552. The number of ketones is 1. The summed E-state index contributed by atoms with van der Waals surface area (Å²) in [5.74, 6) is -0.323. The molecule has 0 spiro atoms. The number of likely N-dealkylation sites (tertiary alicyclic amines) is 1. The number of piperidine rings is 1. The highest BCUT2D eigenvalue weighted by Crippen LogP contribution is 2.23. The quantitative estimate of drug-likeness (QED) is 0.869. The number of nitrogens with one attached hydrogen (secondary N) is 1. The lowest BCUT2D eigenvalue weighted by Gasteiger charge is -2.31. The summed E-state index contributed by atoms with van der Waals surface area (Å²) in [5.41, 5.74) is 1.05. The third-order valence-electron chi connectivity index (χ3n) is 4.12. The van der Waals surface area contributed by atoms with Gasteiger partial charge in [-0.3, -0.25) is 4.79 Å². The maximum absolute atomic E-state index is 13.3. The number of nitrogens with zero attached hydrogens (tertiary/aromatic N) is 1. The van der Waals surface area contributed by atoms with E-state index in [0.29, 0.717) is 43.6 Å². The van der Waals surface area contributed by atoms with Gasteiger partial charge in [0.2, 0.25) is 0 Å². The highest BCUT2D eigenvalue weighted by atomic mass is 19.1. The highest BCUT2D eigenvalue weighted by molar-refractivity contribution is 5.98. The second-order valence-corrected chi connectivity index (χ2v) is 5.82. The second-order valence-electron chi connectivity index (χ2n) is 5.82. The van der Waals surface area contributed by atoms with Gasteiger partial charge in [0.1, 0.15) is 5.82 Å². The predicted molar refractivity (Wildman–Crippen MR) is 83.5 cm³/mol. The van der Waals surface area contributed by atoms with Crippen molar-refractivity contribution in [3.8, 4) is 0 Å². The molecule has 4 nitrogen and oxygen atoms in total. The Kier molecular flexibility index (Phi) is 5.52. The van der Waals surface area contributed by atoms with Gasteiger partial charge in [0.25, 0.3) is 0 Å². The first kappa shape index (κ1) is 16.5. The van der Waals surface area contributed by atoms with Crippen molar-refractivity contribution in [2.45, 2.75) is 33.1 Å². The van der Waals surface area contributed by atoms with E-state index >= 15 is 0 Å². The first-order valence-electron chi connectivity index (χ1n) is 7.86. The molecule has 1 saturated heterocycles. The molecule has 2 rings (SSSR count). The molecule has 0 bridgehead atoms. The summed E-state index contributed by atoms with van der Waals surface area (Å²) < 4.78 is 13.3. The topological polar surface area (TPSA) is 49.4 Å². The largest absolute Gasteiger partial charge is 0.338 e. The van der Waals surface area contributed by atoms with Gasteiger partial charge in [-0.1, -0.05) is 6.92 Å². The summed E-state index contributed by atoms with van der Waals surface area (Å²) in [7, 11) is 0. The predicted octanol–water partition coefficient (Wildman–Crippen LogP) is 3.15. The van der Waals surface area contributed by atoms with Crippen molar-refractivity contribution in [2.75, 3.05) is 19.6 Å².